The van der Waals surface area contributed by atoms with E-state index in [-0.39, 0.29) is 23.0 Å². The number of pyridine rings is 1. The molecule has 0 aliphatic heterocycles. The average molecular weight is 344 g/mol. The van der Waals surface area contributed by atoms with Crippen LogP contribution in [0.2, 0.25) is 0 Å². The molecule has 1 aromatic rings. The summed E-state index contributed by atoms with van der Waals surface area (Å²) in [6.45, 7) is 0. The fourth-order valence-corrected chi connectivity index (χ4v) is 1.80. The number of methoxy groups -OCH3 is 1. The molecular formula is C10H9BrF3NO4. The summed E-state index contributed by atoms with van der Waals surface area (Å²) in [5.41, 5.74) is -0.916. The highest BCUT2D eigenvalue weighted by molar-refractivity contribution is 9.08. The van der Waals surface area contributed by atoms with E-state index >= 15 is 0 Å². The van der Waals surface area contributed by atoms with Gasteiger partial charge in [0.2, 0.25) is 5.88 Å². The van der Waals surface area contributed by atoms with E-state index in [9.17, 15) is 22.8 Å². The molecule has 0 amide bonds. The number of carbonyl (C=O) groups is 1. The van der Waals surface area contributed by atoms with Crippen molar-refractivity contribution in [3.63, 3.8) is 0 Å². The zero-order valence-electron chi connectivity index (χ0n) is 9.64. The summed E-state index contributed by atoms with van der Waals surface area (Å²) in [7, 11) is 1.13. The molecule has 1 heterocycles. The van der Waals surface area contributed by atoms with Crippen LogP contribution in [0, 0.1) is 0 Å². The van der Waals surface area contributed by atoms with E-state index in [0.717, 1.165) is 13.2 Å². The zero-order chi connectivity index (χ0) is 14.6. The van der Waals surface area contributed by atoms with E-state index in [1.165, 1.54) is 0 Å². The number of esters is 1. The van der Waals surface area contributed by atoms with E-state index in [0.29, 0.717) is 0 Å². The van der Waals surface area contributed by atoms with Gasteiger partial charge in [0.15, 0.2) is 5.43 Å². The first-order valence-corrected chi connectivity index (χ1v) is 6.02. The summed E-state index contributed by atoms with van der Waals surface area (Å²) in [4.78, 5) is 24.9. The lowest BCUT2D eigenvalue weighted by Crippen LogP contribution is -2.23. The third-order valence-electron chi connectivity index (χ3n) is 2.06. The second-order valence-corrected chi connectivity index (χ2v) is 3.96. The maximum absolute atomic E-state index is 12.2. The van der Waals surface area contributed by atoms with E-state index in [1.54, 1.807) is 0 Å². The maximum atomic E-state index is 12.2. The number of ether oxygens (including phenoxy) is 2. The quantitative estimate of drug-likeness (QED) is 0.669. The first-order chi connectivity index (χ1) is 8.76. The van der Waals surface area contributed by atoms with Gasteiger partial charge in [-0.15, -0.1) is 13.2 Å². The summed E-state index contributed by atoms with van der Waals surface area (Å²) in [5, 5.41) is -0.119. The number of H-pyrrole nitrogens is 1. The van der Waals surface area contributed by atoms with E-state index < -0.39 is 23.6 Å². The molecule has 106 valence electrons. The number of hydrogen-bond acceptors (Lipinski definition) is 4. The van der Waals surface area contributed by atoms with Gasteiger partial charge in [-0.05, 0) is 0 Å². The van der Waals surface area contributed by atoms with E-state index in [1.807, 2.05) is 0 Å². The highest BCUT2D eigenvalue weighted by Crippen LogP contribution is 2.24. The number of rotatable bonds is 4. The number of aromatic nitrogens is 1. The van der Waals surface area contributed by atoms with Gasteiger partial charge < -0.3 is 14.5 Å². The first kappa shape index (κ1) is 15.5. The lowest BCUT2D eigenvalue weighted by atomic mass is 10.2. The molecule has 0 fully saturated rings. The van der Waals surface area contributed by atoms with Crippen molar-refractivity contribution in [1.29, 1.82) is 0 Å². The first-order valence-electron chi connectivity index (χ1n) is 4.90. The minimum atomic E-state index is -4.94. The number of hydrogen-bond donors (Lipinski definition) is 1. The van der Waals surface area contributed by atoms with Crippen molar-refractivity contribution in [3.8, 4) is 5.88 Å². The van der Waals surface area contributed by atoms with Gasteiger partial charge in [0.1, 0.15) is 0 Å². The minimum Gasteiger partial charge on any atom is -0.469 e. The molecule has 9 heteroatoms. The Balaban J connectivity index is 3.18. The van der Waals surface area contributed by atoms with Gasteiger partial charge in [-0.25, -0.2) is 0 Å². The number of alkyl halides is 4. The highest BCUT2D eigenvalue weighted by Gasteiger charge is 2.33. The predicted molar refractivity (Wildman–Crippen MR) is 62.1 cm³/mol. The molecule has 5 nitrogen and oxygen atoms in total. The fraction of sp³-hybridized carbons (Fsp3) is 0.400. The third-order valence-corrected chi connectivity index (χ3v) is 2.63. The normalized spacial score (nSPS) is 11.2. The van der Waals surface area contributed by atoms with Crippen LogP contribution < -0.4 is 10.2 Å². The SMILES string of the molecule is COC(=O)Cc1cc(=O)c(CBr)c(OC(F)(F)F)[nH]1. The monoisotopic (exact) mass is 343 g/mol. The Hall–Kier alpha value is -1.51. The minimum absolute atomic E-state index is 0.0270. The number of aromatic amines is 1. The van der Waals surface area contributed by atoms with Crippen molar-refractivity contribution in [2.45, 2.75) is 18.1 Å². The van der Waals surface area contributed by atoms with Crippen molar-refractivity contribution in [2.24, 2.45) is 0 Å². The number of nitrogens with one attached hydrogen (secondary N) is 1. The fourth-order valence-electron chi connectivity index (χ4n) is 1.27. The Kier molecular flexibility index (Phi) is 4.98. The molecule has 0 bridgehead atoms. The molecule has 1 rings (SSSR count). The highest BCUT2D eigenvalue weighted by atomic mass is 79.9. The van der Waals surface area contributed by atoms with Gasteiger partial charge in [-0.1, -0.05) is 15.9 Å². The molecule has 0 aliphatic rings. The summed E-state index contributed by atoms with van der Waals surface area (Å²) in [6.07, 6.45) is -5.30. The molecule has 0 unspecified atom stereocenters. The van der Waals surface area contributed by atoms with Crippen molar-refractivity contribution >= 4 is 21.9 Å². The summed E-state index contributed by atoms with van der Waals surface area (Å²) in [5.74, 6) is -1.43. The molecular weight excluding hydrogens is 335 g/mol. The van der Waals surface area contributed by atoms with Crippen LogP contribution in [-0.4, -0.2) is 24.4 Å². The molecule has 1 aromatic heterocycles. The molecule has 0 aliphatic carbocycles. The Labute approximate surface area is 113 Å². The third kappa shape index (κ3) is 4.58. The molecule has 19 heavy (non-hydrogen) atoms. The van der Waals surface area contributed by atoms with Gasteiger partial charge >= 0.3 is 12.3 Å². The van der Waals surface area contributed by atoms with Crippen LogP contribution in [0.5, 0.6) is 5.88 Å². The second-order valence-electron chi connectivity index (χ2n) is 3.40. The smallest absolute Gasteiger partial charge is 0.469 e. The Morgan fingerprint density at radius 1 is 1.47 bits per heavy atom. The lowest BCUT2D eigenvalue weighted by molar-refractivity contribution is -0.276. The zero-order valence-corrected chi connectivity index (χ0v) is 11.2. The molecule has 0 spiro atoms. The van der Waals surface area contributed by atoms with Crippen LogP contribution in [-0.2, 0) is 21.3 Å². The topological polar surface area (TPSA) is 68.4 Å². The molecule has 0 aromatic carbocycles. The van der Waals surface area contributed by atoms with Crippen molar-refractivity contribution in [2.75, 3.05) is 7.11 Å². The molecule has 0 saturated carbocycles. The van der Waals surface area contributed by atoms with Crippen LogP contribution in [0.3, 0.4) is 0 Å². The van der Waals surface area contributed by atoms with Crippen molar-refractivity contribution in [1.82, 2.24) is 4.98 Å². The Bertz CT molecular complexity index is 526. The Morgan fingerprint density at radius 3 is 2.58 bits per heavy atom. The number of halogens is 4. The largest absolute Gasteiger partial charge is 0.574 e. The maximum Gasteiger partial charge on any atom is 0.574 e. The van der Waals surface area contributed by atoms with E-state index in [4.69, 9.17) is 0 Å². The lowest BCUT2D eigenvalue weighted by Gasteiger charge is -2.13. The summed E-state index contributed by atoms with van der Waals surface area (Å²) in [6, 6.07) is 1.02. The van der Waals surface area contributed by atoms with Gasteiger partial charge in [-0.2, -0.15) is 0 Å². The molecule has 0 radical (unpaired) electrons. The van der Waals surface area contributed by atoms with Crippen LogP contribution in [0.1, 0.15) is 11.3 Å². The van der Waals surface area contributed by atoms with E-state index in [2.05, 4.69) is 30.4 Å². The van der Waals surface area contributed by atoms with Gasteiger partial charge in [0, 0.05) is 17.1 Å². The van der Waals surface area contributed by atoms with Crippen LogP contribution in [0.15, 0.2) is 10.9 Å². The molecule has 0 saturated heterocycles. The average Bonchev–Trinajstić information content (AvgIpc) is 2.26. The standard InChI is InChI=1S/C10H9BrF3NO4/c1-18-8(17)3-5-2-7(16)6(4-11)9(15-5)19-10(12,13)14/h2H,3-4H2,1H3,(H,15,16). The molecule has 1 N–H and O–H groups in total. The van der Waals surface area contributed by atoms with Crippen molar-refractivity contribution in [3.05, 3.63) is 27.5 Å². The molecule has 0 atom stereocenters. The van der Waals surface area contributed by atoms with Crippen LogP contribution in [0.4, 0.5) is 13.2 Å². The van der Waals surface area contributed by atoms with Gasteiger partial charge in [0.25, 0.3) is 0 Å². The van der Waals surface area contributed by atoms with Gasteiger partial charge in [-0.3, -0.25) is 9.59 Å². The van der Waals surface area contributed by atoms with Crippen LogP contribution in [0.25, 0.3) is 0 Å². The van der Waals surface area contributed by atoms with Crippen molar-refractivity contribution < 1.29 is 27.4 Å². The Morgan fingerprint density at radius 2 is 2.11 bits per heavy atom. The number of carbonyl (C=O) groups excluding carboxylic acids is 1. The van der Waals surface area contributed by atoms with Gasteiger partial charge in [0.05, 0.1) is 19.1 Å². The summed E-state index contributed by atoms with van der Waals surface area (Å²) < 4.78 is 44.7. The second kappa shape index (κ2) is 6.09. The predicted octanol–water partition coefficient (Wildman–Crippen LogP) is 1.88. The van der Waals surface area contributed by atoms with Crippen LogP contribution >= 0.6 is 15.9 Å². The summed E-state index contributed by atoms with van der Waals surface area (Å²) >= 11 is 2.90.